The van der Waals surface area contributed by atoms with E-state index < -0.39 is 0 Å². The van der Waals surface area contributed by atoms with Crippen molar-refractivity contribution in [2.24, 2.45) is 5.92 Å². The molecule has 0 spiro atoms. The van der Waals surface area contributed by atoms with Gasteiger partial charge in [-0.05, 0) is 55.5 Å². The van der Waals surface area contributed by atoms with Crippen LogP contribution < -0.4 is 10.1 Å². The number of halogens is 1. The summed E-state index contributed by atoms with van der Waals surface area (Å²) in [7, 11) is 1.55. The Morgan fingerprint density at radius 2 is 2.16 bits per heavy atom. The number of hydrogen-bond acceptors (Lipinski definition) is 4. The Morgan fingerprint density at radius 3 is 2.97 bits per heavy atom. The molecule has 3 aromatic rings. The lowest BCUT2D eigenvalue weighted by atomic mass is 9.93. The van der Waals surface area contributed by atoms with Gasteiger partial charge >= 0.3 is 0 Å². The smallest absolute Gasteiger partial charge is 0.274 e. The van der Waals surface area contributed by atoms with Crippen molar-refractivity contribution in [3.8, 4) is 5.75 Å². The summed E-state index contributed by atoms with van der Waals surface area (Å²) in [5.41, 5.74) is 1.78. The van der Waals surface area contributed by atoms with Crippen molar-refractivity contribution in [1.82, 2.24) is 14.3 Å². The SMILES string of the molecule is COc1ccc(Cl)cc1NC(=O)CCC1CCCN(C(=O)c2cn3ccccc3n2)C1. The van der Waals surface area contributed by atoms with Crippen molar-refractivity contribution in [1.29, 1.82) is 0 Å². The molecule has 1 N–H and O–H groups in total. The highest BCUT2D eigenvalue weighted by Crippen LogP contribution is 2.28. The zero-order valence-electron chi connectivity index (χ0n) is 17.4. The van der Waals surface area contributed by atoms with Crippen molar-refractivity contribution in [2.45, 2.75) is 25.7 Å². The first-order chi connectivity index (χ1) is 15.0. The molecule has 4 rings (SSSR count). The Balaban J connectivity index is 1.33. The number of piperidine rings is 1. The van der Waals surface area contributed by atoms with Crippen LogP contribution in [0.25, 0.3) is 5.65 Å². The first-order valence-corrected chi connectivity index (χ1v) is 10.8. The van der Waals surface area contributed by atoms with Crippen LogP contribution >= 0.6 is 11.6 Å². The molecule has 8 heteroatoms. The maximum absolute atomic E-state index is 12.9. The fraction of sp³-hybridized carbons (Fsp3) is 0.348. The zero-order valence-corrected chi connectivity index (χ0v) is 18.1. The van der Waals surface area contributed by atoms with E-state index in [1.165, 1.54) is 0 Å². The molecule has 2 aromatic heterocycles. The lowest BCUT2D eigenvalue weighted by molar-refractivity contribution is -0.116. The predicted molar refractivity (Wildman–Crippen MR) is 120 cm³/mol. The lowest BCUT2D eigenvalue weighted by Crippen LogP contribution is -2.40. The minimum atomic E-state index is -0.0932. The highest BCUT2D eigenvalue weighted by atomic mass is 35.5. The fourth-order valence-corrected chi connectivity index (χ4v) is 4.18. The third-order valence-electron chi connectivity index (χ3n) is 5.60. The van der Waals surface area contributed by atoms with Crippen LogP contribution in [0, 0.1) is 5.92 Å². The molecule has 1 aliphatic heterocycles. The molecule has 0 aliphatic carbocycles. The Morgan fingerprint density at radius 1 is 1.29 bits per heavy atom. The van der Waals surface area contributed by atoms with E-state index in [1.807, 2.05) is 33.7 Å². The number of fused-ring (bicyclic) bond motifs is 1. The van der Waals surface area contributed by atoms with Gasteiger partial charge in [-0.2, -0.15) is 0 Å². The molecule has 0 bridgehead atoms. The van der Waals surface area contributed by atoms with Gasteiger partial charge in [0.15, 0.2) is 0 Å². The average Bonchev–Trinajstić information content (AvgIpc) is 3.22. The fourth-order valence-electron chi connectivity index (χ4n) is 4.01. The first kappa shape index (κ1) is 21.2. The number of anilines is 1. The second-order valence-corrected chi connectivity index (χ2v) is 8.22. The quantitative estimate of drug-likeness (QED) is 0.621. The van der Waals surface area contributed by atoms with Gasteiger partial charge in [0, 0.05) is 36.9 Å². The Labute approximate surface area is 186 Å². The maximum Gasteiger partial charge on any atom is 0.274 e. The highest BCUT2D eigenvalue weighted by molar-refractivity contribution is 6.31. The van der Waals surface area contributed by atoms with Crippen LogP contribution in [0.1, 0.15) is 36.2 Å². The van der Waals surface area contributed by atoms with Crippen LogP contribution in [0.3, 0.4) is 0 Å². The monoisotopic (exact) mass is 440 g/mol. The molecule has 1 fully saturated rings. The third-order valence-corrected chi connectivity index (χ3v) is 5.84. The topological polar surface area (TPSA) is 75.9 Å². The van der Waals surface area contributed by atoms with Crippen LogP contribution in [0.15, 0.2) is 48.8 Å². The summed E-state index contributed by atoms with van der Waals surface area (Å²) >= 11 is 6.03. The number of rotatable bonds is 6. The molecule has 1 saturated heterocycles. The van der Waals surface area contributed by atoms with E-state index in [0.29, 0.717) is 41.5 Å². The number of hydrogen-bond donors (Lipinski definition) is 1. The number of likely N-dealkylation sites (tertiary alicyclic amines) is 1. The molecule has 162 valence electrons. The third kappa shape index (κ3) is 4.99. The summed E-state index contributed by atoms with van der Waals surface area (Å²) < 4.78 is 7.13. The number of carbonyl (C=O) groups is 2. The number of nitrogens with zero attached hydrogens (tertiary/aromatic N) is 3. The van der Waals surface area contributed by atoms with E-state index in [2.05, 4.69) is 10.3 Å². The standard InChI is InChI=1S/C23H25ClN4O3/c1-31-20-9-8-17(24)13-18(20)26-22(29)10-7-16-5-4-12-28(14-16)23(30)19-15-27-11-3-2-6-21(27)25-19/h2-3,6,8-9,11,13,15-16H,4-5,7,10,12,14H2,1H3,(H,26,29). The predicted octanol–water partition coefficient (Wildman–Crippen LogP) is 4.27. The number of aromatic nitrogens is 2. The largest absolute Gasteiger partial charge is 0.495 e. The number of amides is 2. The molecule has 1 aromatic carbocycles. The summed E-state index contributed by atoms with van der Waals surface area (Å²) in [4.78, 5) is 31.7. The van der Waals surface area contributed by atoms with Crippen LogP contribution in [-0.2, 0) is 4.79 Å². The number of methoxy groups -OCH3 is 1. The molecule has 31 heavy (non-hydrogen) atoms. The van der Waals surface area contributed by atoms with Crippen LogP contribution in [0.2, 0.25) is 5.02 Å². The van der Waals surface area contributed by atoms with Gasteiger partial charge in [-0.1, -0.05) is 17.7 Å². The van der Waals surface area contributed by atoms with E-state index in [9.17, 15) is 9.59 Å². The number of carbonyl (C=O) groups excluding carboxylic acids is 2. The minimum Gasteiger partial charge on any atom is -0.495 e. The summed E-state index contributed by atoms with van der Waals surface area (Å²) in [6.45, 7) is 1.36. The van der Waals surface area contributed by atoms with Gasteiger partial charge in [0.05, 0.1) is 12.8 Å². The van der Waals surface area contributed by atoms with Crippen molar-refractivity contribution < 1.29 is 14.3 Å². The molecule has 0 saturated carbocycles. The van der Waals surface area contributed by atoms with Crippen molar-refractivity contribution in [3.05, 3.63) is 59.5 Å². The molecule has 1 atom stereocenters. The second kappa shape index (κ2) is 9.39. The molecular weight excluding hydrogens is 416 g/mol. The Kier molecular flexibility index (Phi) is 6.42. The van der Waals surface area contributed by atoms with Crippen molar-refractivity contribution in [2.75, 3.05) is 25.5 Å². The molecule has 1 aliphatic rings. The second-order valence-electron chi connectivity index (χ2n) is 7.78. The number of imidazole rings is 1. The average molecular weight is 441 g/mol. The van der Waals surface area contributed by atoms with E-state index >= 15 is 0 Å². The zero-order chi connectivity index (χ0) is 21.8. The number of ether oxygens (including phenoxy) is 1. The van der Waals surface area contributed by atoms with E-state index in [-0.39, 0.29) is 17.7 Å². The van der Waals surface area contributed by atoms with Gasteiger partial charge in [0.25, 0.3) is 5.91 Å². The molecule has 7 nitrogen and oxygen atoms in total. The summed E-state index contributed by atoms with van der Waals surface area (Å²) in [5.74, 6) is 0.701. The lowest BCUT2D eigenvalue weighted by Gasteiger charge is -2.32. The van der Waals surface area contributed by atoms with Crippen LogP contribution in [0.5, 0.6) is 5.75 Å². The Hall–Kier alpha value is -3.06. The molecule has 2 amide bonds. The molecule has 1 unspecified atom stereocenters. The maximum atomic E-state index is 12.9. The van der Waals surface area contributed by atoms with Gasteiger partial charge in [0.2, 0.25) is 5.91 Å². The normalized spacial score (nSPS) is 16.3. The van der Waals surface area contributed by atoms with Crippen molar-refractivity contribution >= 4 is 34.7 Å². The van der Waals surface area contributed by atoms with Gasteiger partial charge in [-0.15, -0.1) is 0 Å². The summed E-state index contributed by atoms with van der Waals surface area (Å²) in [6.07, 6.45) is 6.66. The number of benzene rings is 1. The Bertz CT molecular complexity index is 1060. The van der Waals surface area contributed by atoms with Crippen LogP contribution in [0.4, 0.5) is 5.69 Å². The van der Waals surface area contributed by atoms with E-state index in [4.69, 9.17) is 16.3 Å². The number of nitrogens with one attached hydrogen (secondary N) is 1. The number of pyridine rings is 1. The van der Waals surface area contributed by atoms with Gasteiger partial charge in [0.1, 0.15) is 17.1 Å². The summed E-state index contributed by atoms with van der Waals surface area (Å²) in [6, 6.07) is 10.8. The van der Waals surface area contributed by atoms with Gasteiger partial charge in [-0.3, -0.25) is 9.59 Å². The van der Waals surface area contributed by atoms with Crippen molar-refractivity contribution in [3.63, 3.8) is 0 Å². The van der Waals surface area contributed by atoms with Gasteiger partial charge in [-0.25, -0.2) is 4.98 Å². The van der Waals surface area contributed by atoms with Crippen LogP contribution in [-0.4, -0.2) is 46.3 Å². The van der Waals surface area contributed by atoms with E-state index in [1.54, 1.807) is 31.5 Å². The highest BCUT2D eigenvalue weighted by Gasteiger charge is 2.26. The minimum absolute atomic E-state index is 0.0542. The van der Waals surface area contributed by atoms with Gasteiger partial charge < -0.3 is 19.4 Å². The molecule has 3 heterocycles. The summed E-state index contributed by atoms with van der Waals surface area (Å²) in [5, 5.41) is 3.41. The molecule has 0 radical (unpaired) electrons. The van der Waals surface area contributed by atoms with E-state index in [0.717, 1.165) is 25.0 Å². The first-order valence-electron chi connectivity index (χ1n) is 10.4. The molecular formula is C23H25ClN4O3.